The number of hydrogen-bond acceptors (Lipinski definition) is 5. The van der Waals surface area contributed by atoms with E-state index >= 15 is 0 Å². The van der Waals surface area contributed by atoms with Crippen molar-refractivity contribution in [3.63, 3.8) is 0 Å². The SMILES string of the molecule is C(=NNc1nc(-c2ccccc2)c2ccccc2n1)c1cccc2ncccc12. The molecule has 138 valence electrons. The minimum absolute atomic E-state index is 0.456. The van der Waals surface area contributed by atoms with Gasteiger partial charge in [0.15, 0.2) is 0 Å². The average Bonchev–Trinajstić information content (AvgIpc) is 2.79. The summed E-state index contributed by atoms with van der Waals surface area (Å²) in [5.41, 5.74) is 7.69. The summed E-state index contributed by atoms with van der Waals surface area (Å²) in [7, 11) is 0. The number of hydrazone groups is 1. The van der Waals surface area contributed by atoms with E-state index in [4.69, 9.17) is 4.98 Å². The molecule has 2 aromatic heterocycles. The fourth-order valence-electron chi connectivity index (χ4n) is 3.34. The van der Waals surface area contributed by atoms with E-state index in [1.807, 2.05) is 84.9 Å². The molecule has 5 aromatic rings. The fraction of sp³-hybridized carbons (Fsp3) is 0. The lowest BCUT2D eigenvalue weighted by molar-refractivity contribution is 1.16. The third-order valence-corrected chi connectivity index (χ3v) is 4.70. The van der Waals surface area contributed by atoms with Gasteiger partial charge in [0.2, 0.25) is 5.95 Å². The lowest BCUT2D eigenvalue weighted by Crippen LogP contribution is -2.00. The number of nitrogens with zero attached hydrogens (tertiary/aromatic N) is 4. The maximum atomic E-state index is 4.72. The number of anilines is 1. The highest BCUT2D eigenvalue weighted by Crippen LogP contribution is 2.27. The van der Waals surface area contributed by atoms with E-state index in [1.54, 1.807) is 12.4 Å². The highest BCUT2D eigenvalue weighted by molar-refractivity contribution is 5.98. The second-order valence-corrected chi connectivity index (χ2v) is 6.57. The first-order valence-electron chi connectivity index (χ1n) is 9.33. The van der Waals surface area contributed by atoms with Gasteiger partial charge in [-0.2, -0.15) is 5.10 Å². The number of hydrogen-bond donors (Lipinski definition) is 1. The third-order valence-electron chi connectivity index (χ3n) is 4.70. The Morgan fingerprint density at radius 1 is 0.690 bits per heavy atom. The molecule has 0 atom stereocenters. The standard InChI is InChI=1S/C24H17N5/c1-2-8-17(9-3-1)23-20-11-4-5-13-22(20)27-24(28-23)29-26-16-18-10-6-14-21-19(18)12-7-15-25-21/h1-16H,(H,27,28,29). The molecule has 0 aliphatic carbocycles. The summed E-state index contributed by atoms with van der Waals surface area (Å²) in [6.45, 7) is 0. The first-order chi connectivity index (χ1) is 14.4. The molecule has 3 aromatic carbocycles. The average molecular weight is 375 g/mol. The van der Waals surface area contributed by atoms with Crippen LogP contribution in [0.2, 0.25) is 0 Å². The van der Waals surface area contributed by atoms with Crippen molar-refractivity contribution in [3.8, 4) is 11.3 Å². The molecule has 5 heteroatoms. The van der Waals surface area contributed by atoms with Gasteiger partial charge in [-0.15, -0.1) is 0 Å². The molecule has 0 aliphatic heterocycles. The van der Waals surface area contributed by atoms with Crippen molar-refractivity contribution in [3.05, 3.63) is 96.7 Å². The van der Waals surface area contributed by atoms with Crippen LogP contribution in [-0.4, -0.2) is 21.2 Å². The van der Waals surface area contributed by atoms with Crippen molar-refractivity contribution in [2.24, 2.45) is 5.10 Å². The smallest absolute Gasteiger partial charge is 0.244 e. The van der Waals surface area contributed by atoms with Crippen LogP contribution >= 0.6 is 0 Å². The lowest BCUT2D eigenvalue weighted by Gasteiger charge is -2.08. The van der Waals surface area contributed by atoms with Crippen LogP contribution in [0.15, 0.2) is 96.2 Å². The largest absolute Gasteiger partial charge is 0.256 e. The van der Waals surface area contributed by atoms with Crippen LogP contribution in [0.4, 0.5) is 5.95 Å². The molecule has 1 N–H and O–H groups in total. The molecule has 0 unspecified atom stereocenters. The highest BCUT2D eigenvalue weighted by atomic mass is 15.3. The Kier molecular flexibility index (Phi) is 4.39. The lowest BCUT2D eigenvalue weighted by atomic mass is 10.1. The summed E-state index contributed by atoms with van der Waals surface area (Å²) in [6, 6.07) is 28.0. The minimum atomic E-state index is 0.456. The topological polar surface area (TPSA) is 63.1 Å². The summed E-state index contributed by atoms with van der Waals surface area (Å²) in [6.07, 6.45) is 3.56. The maximum Gasteiger partial charge on any atom is 0.244 e. The molecule has 0 aliphatic rings. The van der Waals surface area contributed by atoms with Gasteiger partial charge in [-0.25, -0.2) is 15.4 Å². The molecule has 0 radical (unpaired) electrons. The number of fused-ring (bicyclic) bond motifs is 2. The van der Waals surface area contributed by atoms with Crippen molar-refractivity contribution in [1.29, 1.82) is 0 Å². The predicted molar refractivity (Wildman–Crippen MR) is 118 cm³/mol. The van der Waals surface area contributed by atoms with E-state index in [-0.39, 0.29) is 0 Å². The van der Waals surface area contributed by atoms with Crippen LogP contribution in [-0.2, 0) is 0 Å². The first kappa shape index (κ1) is 17.0. The van der Waals surface area contributed by atoms with Gasteiger partial charge in [-0.05, 0) is 18.2 Å². The van der Waals surface area contributed by atoms with Gasteiger partial charge >= 0.3 is 0 Å². The monoisotopic (exact) mass is 375 g/mol. The van der Waals surface area contributed by atoms with Crippen LogP contribution in [0.3, 0.4) is 0 Å². The number of nitrogens with one attached hydrogen (secondary N) is 1. The highest BCUT2D eigenvalue weighted by Gasteiger charge is 2.09. The first-order valence-corrected chi connectivity index (χ1v) is 9.33. The summed E-state index contributed by atoms with van der Waals surface area (Å²) < 4.78 is 0. The van der Waals surface area contributed by atoms with Gasteiger partial charge in [0.05, 0.1) is 22.9 Å². The molecule has 0 saturated carbocycles. The van der Waals surface area contributed by atoms with Gasteiger partial charge in [-0.3, -0.25) is 4.98 Å². The fourth-order valence-corrected chi connectivity index (χ4v) is 3.34. The summed E-state index contributed by atoms with van der Waals surface area (Å²) in [4.78, 5) is 13.7. The van der Waals surface area contributed by atoms with E-state index in [0.717, 1.165) is 38.6 Å². The van der Waals surface area contributed by atoms with Crippen LogP contribution in [0, 0.1) is 0 Å². The number of pyridine rings is 1. The maximum absolute atomic E-state index is 4.72. The van der Waals surface area contributed by atoms with Crippen LogP contribution in [0.25, 0.3) is 33.1 Å². The van der Waals surface area contributed by atoms with E-state index in [9.17, 15) is 0 Å². The normalized spacial score (nSPS) is 11.3. The van der Waals surface area contributed by atoms with Crippen molar-refractivity contribution >= 4 is 34.0 Å². The zero-order valence-corrected chi connectivity index (χ0v) is 15.5. The Morgan fingerprint density at radius 2 is 1.48 bits per heavy atom. The number of para-hydroxylation sites is 1. The van der Waals surface area contributed by atoms with Gasteiger partial charge < -0.3 is 0 Å². The molecule has 0 bridgehead atoms. The van der Waals surface area contributed by atoms with E-state index in [0.29, 0.717) is 5.95 Å². The predicted octanol–water partition coefficient (Wildman–Crippen LogP) is 5.29. The van der Waals surface area contributed by atoms with Gasteiger partial charge in [0.25, 0.3) is 0 Å². The van der Waals surface area contributed by atoms with E-state index in [2.05, 4.69) is 20.5 Å². The number of aromatic nitrogens is 3. The molecule has 29 heavy (non-hydrogen) atoms. The summed E-state index contributed by atoms with van der Waals surface area (Å²) in [5, 5.41) is 6.43. The third kappa shape index (κ3) is 3.41. The molecule has 0 amide bonds. The zero-order chi connectivity index (χ0) is 19.5. The molecule has 2 heterocycles. The van der Waals surface area contributed by atoms with Crippen LogP contribution in [0.5, 0.6) is 0 Å². The van der Waals surface area contributed by atoms with Crippen LogP contribution < -0.4 is 5.43 Å². The minimum Gasteiger partial charge on any atom is -0.256 e. The Labute approximate surface area is 167 Å². The Morgan fingerprint density at radius 3 is 2.41 bits per heavy atom. The molecular weight excluding hydrogens is 358 g/mol. The summed E-state index contributed by atoms with van der Waals surface area (Å²) >= 11 is 0. The van der Waals surface area contributed by atoms with Crippen molar-refractivity contribution < 1.29 is 0 Å². The van der Waals surface area contributed by atoms with Gasteiger partial charge in [0, 0.05) is 28.1 Å². The van der Waals surface area contributed by atoms with Crippen molar-refractivity contribution in [2.45, 2.75) is 0 Å². The van der Waals surface area contributed by atoms with Gasteiger partial charge in [-0.1, -0.05) is 66.7 Å². The zero-order valence-electron chi connectivity index (χ0n) is 15.5. The Balaban J connectivity index is 1.52. The molecular formula is C24H17N5. The second kappa shape index (κ2) is 7.48. The summed E-state index contributed by atoms with van der Waals surface area (Å²) in [5.74, 6) is 0.456. The van der Waals surface area contributed by atoms with E-state index in [1.165, 1.54) is 0 Å². The molecule has 0 spiro atoms. The molecule has 0 fully saturated rings. The Bertz CT molecular complexity index is 1320. The second-order valence-electron chi connectivity index (χ2n) is 6.57. The number of rotatable bonds is 4. The molecule has 0 saturated heterocycles. The van der Waals surface area contributed by atoms with Crippen LogP contribution in [0.1, 0.15) is 5.56 Å². The molecule has 5 nitrogen and oxygen atoms in total. The number of benzene rings is 3. The Hall–Kier alpha value is -4.12. The van der Waals surface area contributed by atoms with Crippen molar-refractivity contribution in [2.75, 3.05) is 5.43 Å². The van der Waals surface area contributed by atoms with Gasteiger partial charge in [0.1, 0.15) is 0 Å². The van der Waals surface area contributed by atoms with Crippen molar-refractivity contribution in [1.82, 2.24) is 15.0 Å². The quantitative estimate of drug-likeness (QED) is 0.342. The van der Waals surface area contributed by atoms with E-state index < -0.39 is 0 Å². The molecule has 5 rings (SSSR count).